The Balaban J connectivity index is 1.22. The highest BCUT2D eigenvalue weighted by molar-refractivity contribution is 6.91. The fourth-order valence-electron chi connectivity index (χ4n) is 9.25. The number of ether oxygens (including phenoxy) is 3. The van der Waals surface area contributed by atoms with Gasteiger partial charge in [-0.05, 0) is 74.0 Å². The first-order chi connectivity index (χ1) is 27.1. The lowest BCUT2D eigenvalue weighted by Gasteiger charge is -2.46. The number of anilines is 2. The maximum absolute atomic E-state index is 14.5. The van der Waals surface area contributed by atoms with Gasteiger partial charge in [-0.1, -0.05) is 85.9 Å². The maximum Gasteiger partial charge on any atom is 0.254 e. The summed E-state index contributed by atoms with van der Waals surface area (Å²) in [4.78, 5) is 34.9. The zero-order valence-electron chi connectivity index (χ0n) is 33.3. The molecule has 0 saturated carbocycles. The van der Waals surface area contributed by atoms with Gasteiger partial charge in [-0.2, -0.15) is 0 Å². The van der Waals surface area contributed by atoms with E-state index in [-0.39, 0.29) is 55.1 Å². The SMILES string of the molecule is COc1ccc([Si](C)(C)C(CC(=O)N(CCO)Cc2ccccc2)[C@H]2Oc3ccc(N4CN(c5ccccc5)C5(CCNCC5)C4=O)cc3[C@@H](OC)[C@@H]2C)cc1. The first-order valence-electron chi connectivity index (χ1n) is 19.9. The maximum atomic E-state index is 14.5. The molecule has 56 heavy (non-hydrogen) atoms. The molecule has 7 rings (SSSR count). The molecule has 4 aromatic rings. The zero-order chi connectivity index (χ0) is 39.5. The number of fused-ring (bicyclic) bond motifs is 1. The molecule has 4 aromatic carbocycles. The molecule has 1 spiro atoms. The van der Waals surface area contributed by atoms with Gasteiger partial charge in [-0.3, -0.25) is 14.5 Å². The molecule has 3 aliphatic heterocycles. The predicted octanol–water partition coefficient (Wildman–Crippen LogP) is 6.11. The number of amides is 2. The molecular weight excluding hydrogens is 721 g/mol. The average Bonchev–Trinajstić information content (AvgIpc) is 3.50. The minimum absolute atomic E-state index is 0.0183. The lowest BCUT2D eigenvalue weighted by atomic mass is 9.85. The number of hydrogen-bond acceptors (Lipinski definition) is 8. The summed E-state index contributed by atoms with van der Waals surface area (Å²) in [6.45, 7) is 9.34. The van der Waals surface area contributed by atoms with Crippen molar-refractivity contribution in [1.29, 1.82) is 0 Å². The number of benzene rings is 4. The Labute approximate surface area is 332 Å². The van der Waals surface area contributed by atoms with Crippen molar-refractivity contribution in [3.05, 3.63) is 114 Å². The molecule has 3 heterocycles. The second-order valence-corrected chi connectivity index (χ2v) is 20.8. The zero-order valence-corrected chi connectivity index (χ0v) is 34.3. The first-order valence-corrected chi connectivity index (χ1v) is 22.9. The van der Waals surface area contributed by atoms with Crippen LogP contribution in [0.1, 0.15) is 43.4 Å². The number of nitrogens with one attached hydrogen (secondary N) is 1. The van der Waals surface area contributed by atoms with E-state index in [1.165, 1.54) is 5.19 Å². The Morgan fingerprint density at radius 3 is 2.29 bits per heavy atom. The number of piperidine rings is 1. The summed E-state index contributed by atoms with van der Waals surface area (Å²) < 4.78 is 18.9. The van der Waals surface area contributed by atoms with Crippen LogP contribution in [-0.2, 0) is 20.9 Å². The molecule has 4 atom stereocenters. The van der Waals surface area contributed by atoms with Gasteiger partial charge < -0.3 is 34.4 Å². The molecule has 2 amide bonds. The van der Waals surface area contributed by atoms with Crippen LogP contribution in [0.15, 0.2) is 103 Å². The number of aliphatic hydroxyl groups is 1. The van der Waals surface area contributed by atoms with Crippen LogP contribution in [0.4, 0.5) is 11.4 Å². The smallest absolute Gasteiger partial charge is 0.254 e. The van der Waals surface area contributed by atoms with Gasteiger partial charge in [0.25, 0.3) is 5.91 Å². The molecule has 0 radical (unpaired) electrons. The summed E-state index contributed by atoms with van der Waals surface area (Å²) >= 11 is 0. The molecular formula is C45H56N4O6Si. The molecule has 2 N–H and O–H groups in total. The molecule has 3 aliphatic rings. The van der Waals surface area contributed by atoms with Crippen LogP contribution in [0.5, 0.6) is 11.5 Å². The van der Waals surface area contributed by atoms with Crippen molar-refractivity contribution in [2.24, 2.45) is 5.92 Å². The molecule has 10 nitrogen and oxygen atoms in total. The molecule has 0 aromatic heterocycles. The van der Waals surface area contributed by atoms with Gasteiger partial charge in [0.1, 0.15) is 23.1 Å². The lowest BCUT2D eigenvalue weighted by Crippen LogP contribution is -2.55. The van der Waals surface area contributed by atoms with Crippen LogP contribution < -0.4 is 29.8 Å². The molecule has 296 valence electrons. The summed E-state index contributed by atoms with van der Waals surface area (Å²) in [5.74, 6) is 1.46. The van der Waals surface area contributed by atoms with E-state index in [1.54, 1.807) is 19.1 Å². The minimum atomic E-state index is -2.47. The number of aliphatic hydroxyl groups excluding tert-OH is 1. The summed E-state index contributed by atoms with van der Waals surface area (Å²) in [7, 11) is 0.923. The fourth-order valence-corrected chi connectivity index (χ4v) is 12.6. The van der Waals surface area contributed by atoms with E-state index in [1.807, 2.05) is 77.7 Å². The lowest BCUT2D eigenvalue weighted by molar-refractivity contribution is -0.133. The summed E-state index contributed by atoms with van der Waals surface area (Å²) in [5.41, 5.74) is 3.02. The first kappa shape index (κ1) is 39.5. The number of nitrogens with zero attached hydrogens (tertiary/aromatic N) is 3. The van der Waals surface area contributed by atoms with E-state index < -0.39 is 13.6 Å². The van der Waals surface area contributed by atoms with Gasteiger partial charge in [0.05, 0.1) is 34.6 Å². The topological polar surface area (TPSA) is 104 Å². The third-order valence-electron chi connectivity index (χ3n) is 12.6. The van der Waals surface area contributed by atoms with E-state index in [0.717, 1.165) is 54.2 Å². The van der Waals surface area contributed by atoms with E-state index >= 15 is 0 Å². The van der Waals surface area contributed by atoms with Gasteiger partial charge in [0.2, 0.25) is 5.91 Å². The standard InChI is InChI=1S/C45H56N4O6Si/c1-32-42(54-3)38-28-35(48-31-49(34-14-10-7-11-15-34)45(44(48)52)22-24-46-25-23-45)16-21-39(38)55-43(32)40(56(4,5)37-19-17-36(53-2)18-20-37)29-41(51)47(26-27-50)30-33-12-8-6-9-13-33/h6-21,28,32,40,42-43,46,50H,22-27,29-31H2,1-5H3/t32-,40?,42-,43-/m0/s1. The van der Waals surface area contributed by atoms with Crippen LogP contribution in [0.25, 0.3) is 0 Å². The Bertz CT molecular complexity index is 1960. The van der Waals surface area contributed by atoms with E-state index in [2.05, 4.69) is 60.6 Å². The minimum Gasteiger partial charge on any atom is -0.497 e. The highest BCUT2D eigenvalue weighted by Gasteiger charge is 2.54. The molecule has 0 bridgehead atoms. The Morgan fingerprint density at radius 1 is 0.964 bits per heavy atom. The fraction of sp³-hybridized carbons (Fsp3) is 0.422. The number of para-hydroxylation sites is 1. The number of rotatable bonds is 13. The van der Waals surface area contributed by atoms with Crippen LogP contribution in [0.3, 0.4) is 0 Å². The Hall–Kier alpha value is -4.68. The number of methoxy groups -OCH3 is 2. The van der Waals surface area contributed by atoms with Gasteiger partial charge in [-0.25, -0.2) is 0 Å². The average molecular weight is 777 g/mol. The van der Waals surface area contributed by atoms with Crippen molar-refractivity contribution in [2.75, 3.05) is 56.9 Å². The van der Waals surface area contributed by atoms with E-state index in [9.17, 15) is 14.7 Å². The van der Waals surface area contributed by atoms with Gasteiger partial charge in [0.15, 0.2) is 0 Å². The number of hydrogen-bond donors (Lipinski definition) is 2. The molecule has 1 unspecified atom stereocenters. The quantitative estimate of drug-likeness (QED) is 0.157. The van der Waals surface area contributed by atoms with Crippen molar-refractivity contribution in [1.82, 2.24) is 10.2 Å². The van der Waals surface area contributed by atoms with Crippen molar-refractivity contribution in [3.8, 4) is 11.5 Å². The van der Waals surface area contributed by atoms with Crippen molar-refractivity contribution >= 4 is 36.4 Å². The third-order valence-corrected chi connectivity index (χ3v) is 16.8. The third kappa shape index (κ3) is 7.57. The van der Waals surface area contributed by atoms with Crippen LogP contribution in [0.2, 0.25) is 18.6 Å². The monoisotopic (exact) mass is 776 g/mol. The van der Waals surface area contributed by atoms with Crippen molar-refractivity contribution < 1.29 is 28.9 Å². The highest BCUT2D eigenvalue weighted by atomic mass is 28.3. The molecule has 2 saturated heterocycles. The van der Waals surface area contributed by atoms with Crippen LogP contribution >= 0.6 is 0 Å². The number of carbonyl (C=O) groups excluding carboxylic acids is 2. The predicted molar refractivity (Wildman–Crippen MR) is 223 cm³/mol. The van der Waals surface area contributed by atoms with Crippen molar-refractivity contribution in [3.63, 3.8) is 0 Å². The summed E-state index contributed by atoms with van der Waals surface area (Å²) in [6.07, 6.45) is 1.04. The number of carbonyl (C=O) groups is 2. The van der Waals surface area contributed by atoms with Gasteiger partial charge in [-0.15, -0.1) is 0 Å². The normalized spacial score (nSPS) is 21.0. The summed E-state index contributed by atoms with van der Waals surface area (Å²) in [5, 5.41) is 14.7. The van der Waals surface area contributed by atoms with Gasteiger partial charge >= 0.3 is 0 Å². The van der Waals surface area contributed by atoms with Crippen molar-refractivity contribution in [2.45, 2.75) is 69.1 Å². The van der Waals surface area contributed by atoms with E-state index in [0.29, 0.717) is 19.0 Å². The largest absolute Gasteiger partial charge is 0.497 e. The van der Waals surface area contributed by atoms with E-state index in [4.69, 9.17) is 14.2 Å². The van der Waals surface area contributed by atoms with Crippen LogP contribution in [-0.4, -0.2) is 88.7 Å². The Morgan fingerprint density at radius 2 is 1.64 bits per heavy atom. The second-order valence-electron chi connectivity index (χ2n) is 16.0. The second kappa shape index (κ2) is 16.8. The molecule has 2 fully saturated rings. The molecule has 0 aliphatic carbocycles. The van der Waals surface area contributed by atoms with Crippen LogP contribution in [0, 0.1) is 5.92 Å². The van der Waals surface area contributed by atoms with Gasteiger partial charge in [0, 0.05) is 55.0 Å². The summed E-state index contributed by atoms with van der Waals surface area (Å²) in [6, 6.07) is 34.4. The Kier molecular flexibility index (Phi) is 11.9. The molecule has 11 heteroatoms. The highest BCUT2D eigenvalue weighted by Crippen LogP contribution is 2.49.